The zero-order valence-corrected chi connectivity index (χ0v) is 18.6. The van der Waals surface area contributed by atoms with Gasteiger partial charge in [0.15, 0.2) is 11.5 Å². The molecule has 1 N–H and O–H groups in total. The number of imide groups is 1. The first kappa shape index (κ1) is 21.3. The number of fused-ring (bicyclic) bond motifs is 1. The molecule has 33 heavy (non-hydrogen) atoms. The minimum atomic E-state index is -1.18. The van der Waals surface area contributed by atoms with E-state index in [9.17, 15) is 14.4 Å². The van der Waals surface area contributed by atoms with Crippen LogP contribution in [0.4, 0.5) is 4.79 Å². The number of ether oxygens (including phenoxy) is 2. The molecule has 0 bridgehead atoms. The molecular formula is C25H27N3O5. The van der Waals surface area contributed by atoms with Crippen LogP contribution in [0.15, 0.2) is 48.5 Å². The van der Waals surface area contributed by atoms with Gasteiger partial charge in [0, 0.05) is 13.0 Å². The van der Waals surface area contributed by atoms with Crippen molar-refractivity contribution < 1.29 is 23.9 Å². The van der Waals surface area contributed by atoms with Crippen LogP contribution in [0.5, 0.6) is 11.5 Å². The summed E-state index contributed by atoms with van der Waals surface area (Å²) < 4.78 is 11.5. The highest BCUT2D eigenvalue weighted by molar-refractivity contribution is 6.09. The fourth-order valence-corrected chi connectivity index (χ4v) is 4.83. The lowest BCUT2D eigenvalue weighted by Gasteiger charge is -2.27. The van der Waals surface area contributed by atoms with Crippen LogP contribution < -0.4 is 14.8 Å². The molecule has 0 unspecified atom stereocenters. The van der Waals surface area contributed by atoms with Gasteiger partial charge in [-0.15, -0.1) is 0 Å². The van der Waals surface area contributed by atoms with Crippen LogP contribution in [-0.4, -0.2) is 53.9 Å². The highest BCUT2D eigenvalue weighted by Gasteiger charge is 2.50. The van der Waals surface area contributed by atoms with Crippen molar-refractivity contribution in [3.05, 3.63) is 59.7 Å². The van der Waals surface area contributed by atoms with E-state index in [2.05, 4.69) is 5.32 Å². The second-order valence-electron chi connectivity index (χ2n) is 8.81. The second kappa shape index (κ2) is 8.42. The number of nitrogens with one attached hydrogen (secondary N) is 1. The van der Waals surface area contributed by atoms with Crippen molar-refractivity contribution in [3.63, 3.8) is 0 Å². The summed E-state index contributed by atoms with van der Waals surface area (Å²) in [5.41, 5.74) is 0.471. The topological polar surface area (TPSA) is 88.2 Å². The van der Waals surface area contributed by atoms with E-state index in [0.717, 1.165) is 29.7 Å². The molecule has 0 radical (unpaired) electrons. The van der Waals surface area contributed by atoms with Gasteiger partial charge in [0.25, 0.3) is 5.91 Å². The fraction of sp³-hybridized carbons (Fsp3) is 0.400. The number of hydrogen-bond acceptors (Lipinski definition) is 5. The van der Waals surface area contributed by atoms with Crippen LogP contribution in [0.25, 0.3) is 0 Å². The molecule has 0 spiro atoms. The van der Waals surface area contributed by atoms with Gasteiger partial charge in [-0.3, -0.25) is 14.5 Å². The summed E-state index contributed by atoms with van der Waals surface area (Å²) in [5, 5.41) is 2.76. The molecule has 3 aliphatic heterocycles. The van der Waals surface area contributed by atoms with E-state index >= 15 is 0 Å². The summed E-state index contributed by atoms with van der Waals surface area (Å²) in [6, 6.07) is 14.2. The molecule has 2 aromatic carbocycles. The molecular weight excluding hydrogens is 422 g/mol. The molecule has 8 heteroatoms. The maximum Gasteiger partial charge on any atom is 0.325 e. The second-order valence-corrected chi connectivity index (χ2v) is 8.81. The van der Waals surface area contributed by atoms with Crippen LogP contribution in [0.1, 0.15) is 43.4 Å². The van der Waals surface area contributed by atoms with Crippen molar-refractivity contribution in [1.29, 1.82) is 0 Å². The van der Waals surface area contributed by atoms with Gasteiger partial charge in [-0.1, -0.05) is 36.4 Å². The maximum absolute atomic E-state index is 13.3. The number of urea groups is 1. The Hall–Kier alpha value is -3.55. The first-order valence-electron chi connectivity index (χ1n) is 11.4. The molecule has 0 saturated carbocycles. The Morgan fingerprint density at radius 2 is 1.82 bits per heavy atom. The van der Waals surface area contributed by atoms with Crippen molar-refractivity contribution in [3.8, 4) is 11.5 Å². The highest BCUT2D eigenvalue weighted by Crippen LogP contribution is 2.38. The minimum Gasteiger partial charge on any atom is -0.490 e. The number of hydrogen-bond donors (Lipinski definition) is 1. The Bertz CT molecular complexity index is 1090. The summed E-state index contributed by atoms with van der Waals surface area (Å²) in [5.74, 6) is 0.743. The Labute approximate surface area is 192 Å². The summed E-state index contributed by atoms with van der Waals surface area (Å²) in [6.45, 7) is 3.18. The fourth-order valence-electron chi connectivity index (χ4n) is 4.83. The predicted octanol–water partition coefficient (Wildman–Crippen LogP) is 2.98. The molecule has 2 saturated heterocycles. The largest absolute Gasteiger partial charge is 0.490 e. The Balaban J connectivity index is 1.33. The van der Waals surface area contributed by atoms with Crippen LogP contribution >= 0.6 is 0 Å². The minimum absolute atomic E-state index is 0.129. The molecule has 4 amide bonds. The first-order valence-corrected chi connectivity index (χ1v) is 11.4. The number of amides is 4. The van der Waals surface area contributed by atoms with Gasteiger partial charge in [0.2, 0.25) is 5.91 Å². The van der Waals surface area contributed by atoms with E-state index in [-0.39, 0.29) is 18.5 Å². The lowest BCUT2D eigenvalue weighted by atomic mass is 9.92. The van der Waals surface area contributed by atoms with Crippen molar-refractivity contribution in [2.75, 3.05) is 26.3 Å². The Morgan fingerprint density at radius 3 is 2.61 bits per heavy atom. The van der Waals surface area contributed by atoms with Crippen LogP contribution in [0, 0.1) is 0 Å². The van der Waals surface area contributed by atoms with E-state index in [1.54, 1.807) is 24.0 Å². The highest BCUT2D eigenvalue weighted by atomic mass is 16.5. The van der Waals surface area contributed by atoms with Crippen molar-refractivity contribution in [1.82, 2.24) is 15.1 Å². The van der Waals surface area contributed by atoms with Crippen molar-refractivity contribution in [2.45, 2.75) is 37.8 Å². The van der Waals surface area contributed by atoms with Crippen LogP contribution in [0.2, 0.25) is 0 Å². The molecule has 3 aliphatic rings. The molecule has 172 valence electrons. The Morgan fingerprint density at radius 1 is 1.06 bits per heavy atom. The lowest BCUT2D eigenvalue weighted by Crippen LogP contribution is -2.44. The van der Waals surface area contributed by atoms with Gasteiger partial charge in [0.1, 0.15) is 12.1 Å². The van der Waals surface area contributed by atoms with Gasteiger partial charge in [-0.2, -0.15) is 0 Å². The van der Waals surface area contributed by atoms with Crippen LogP contribution in [0.3, 0.4) is 0 Å². The van der Waals surface area contributed by atoms with E-state index in [1.807, 2.05) is 36.4 Å². The maximum atomic E-state index is 13.3. The molecule has 8 nitrogen and oxygen atoms in total. The van der Waals surface area contributed by atoms with E-state index in [1.165, 1.54) is 0 Å². The summed E-state index contributed by atoms with van der Waals surface area (Å²) in [6.07, 6.45) is 2.49. The molecule has 3 heterocycles. The average molecular weight is 450 g/mol. The number of carbonyl (C=O) groups is 3. The molecule has 5 rings (SSSR count). The summed E-state index contributed by atoms with van der Waals surface area (Å²) in [7, 11) is 0. The third kappa shape index (κ3) is 3.79. The molecule has 0 aromatic heterocycles. The van der Waals surface area contributed by atoms with Gasteiger partial charge < -0.3 is 19.7 Å². The number of nitrogens with zero attached hydrogens (tertiary/aromatic N) is 2. The third-order valence-corrected chi connectivity index (χ3v) is 6.65. The molecule has 0 aliphatic carbocycles. The number of benzene rings is 2. The molecule has 2 aromatic rings. The number of likely N-dealkylation sites (tertiary alicyclic amines) is 1. The van der Waals surface area contributed by atoms with E-state index < -0.39 is 17.5 Å². The third-order valence-electron chi connectivity index (χ3n) is 6.65. The zero-order chi connectivity index (χ0) is 23.0. The number of rotatable bonds is 4. The molecule has 2 fully saturated rings. The number of carbonyl (C=O) groups excluding carboxylic acids is 3. The van der Waals surface area contributed by atoms with Crippen LogP contribution in [-0.2, 0) is 15.1 Å². The smallest absolute Gasteiger partial charge is 0.325 e. The quantitative estimate of drug-likeness (QED) is 0.725. The van der Waals surface area contributed by atoms with E-state index in [4.69, 9.17) is 9.47 Å². The first-order chi connectivity index (χ1) is 16.0. The van der Waals surface area contributed by atoms with Gasteiger partial charge in [0.05, 0.1) is 19.3 Å². The monoisotopic (exact) mass is 449 g/mol. The Kier molecular flexibility index (Phi) is 5.44. The van der Waals surface area contributed by atoms with E-state index in [0.29, 0.717) is 36.8 Å². The average Bonchev–Trinajstić information content (AvgIpc) is 3.30. The summed E-state index contributed by atoms with van der Waals surface area (Å²) in [4.78, 5) is 41.9. The zero-order valence-electron chi connectivity index (χ0n) is 18.6. The van der Waals surface area contributed by atoms with Crippen molar-refractivity contribution >= 4 is 17.8 Å². The predicted molar refractivity (Wildman–Crippen MR) is 120 cm³/mol. The van der Waals surface area contributed by atoms with Gasteiger partial charge in [-0.05, 0) is 43.0 Å². The summed E-state index contributed by atoms with van der Waals surface area (Å²) >= 11 is 0. The molecule has 2 atom stereocenters. The van der Waals surface area contributed by atoms with Crippen molar-refractivity contribution in [2.24, 2.45) is 0 Å². The van der Waals surface area contributed by atoms with Gasteiger partial charge in [-0.25, -0.2) is 4.79 Å². The SMILES string of the molecule is C[C@]1(c2ccccc2)NC(=O)N(CC(=O)N2CCC[C@H]2c2ccc3c(c2)OCCCO3)C1=O. The lowest BCUT2D eigenvalue weighted by molar-refractivity contribution is -0.139. The van der Waals surface area contributed by atoms with Gasteiger partial charge >= 0.3 is 6.03 Å². The normalized spacial score (nSPS) is 24.6. The standard InChI is InChI=1S/C25H27N3O5/c1-25(18-7-3-2-4-8-18)23(30)28(24(31)26-25)16-22(29)27-12-5-9-19(27)17-10-11-20-21(15-17)33-14-6-13-32-20/h2-4,7-8,10-11,15,19H,5-6,9,12-14,16H2,1H3,(H,26,31)/t19-,25+/m0/s1.